The molecule has 1 atom stereocenters. The molecule has 0 aliphatic rings. The average Bonchev–Trinajstić information content (AvgIpc) is 1.38. The topological polar surface area (TPSA) is 26.3 Å². The van der Waals surface area contributed by atoms with Crippen LogP contribution in [0.2, 0.25) is 0 Å². The fraction of sp³-hybridized carbons (Fsp3) is 1.00. The standard InChI is InChI=1S/C2H6O2P.Al.3H/c1-4-5(2)3;;;;/h1-2H3;;;;/q+1;;;;. The van der Waals surface area contributed by atoms with Gasteiger partial charge in [-0.15, -0.1) is 4.52 Å². The smallest absolute Gasteiger partial charge is 0.150 e. The minimum absolute atomic E-state index is 0. The Morgan fingerprint density at radius 2 is 1.83 bits per heavy atom. The molecule has 0 aromatic heterocycles. The van der Waals surface area contributed by atoms with Crippen LogP contribution in [0.4, 0.5) is 0 Å². The molecule has 1 unspecified atom stereocenters. The van der Waals surface area contributed by atoms with Gasteiger partial charge in [0.25, 0.3) is 0 Å². The van der Waals surface area contributed by atoms with Gasteiger partial charge in [-0.25, -0.2) is 0 Å². The Kier molecular flexibility index (Phi) is 9.11. The van der Waals surface area contributed by atoms with Crippen LogP contribution < -0.4 is 0 Å². The maximum atomic E-state index is 9.74. The fourth-order valence-corrected chi connectivity index (χ4v) is 0. The maximum absolute atomic E-state index is 9.74. The van der Waals surface area contributed by atoms with Crippen molar-refractivity contribution in [3.05, 3.63) is 0 Å². The van der Waals surface area contributed by atoms with Crippen LogP contribution >= 0.6 is 8.03 Å². The normalized spacial score (nSPS) is 9.33. The monoisotopic (exact) mass is 123 g/mol. The minimum atomic E-state index is -1.35. The van der Waals surface area contributed by atoms with Gasteiger partial charge < -0.3 is 0 Å². The van der Waals surface area contributed by atoms with Crippen molar-refractivity contribution in [3.63, 3.8) is 0 Å². The van der Waals surface area contributed by atoms with Gasteiger partial charge >= 0.3 is 8.03 Å². The molecule has 0 fully saturated rings. The molecule has 0 spiro atoms. The second-order valence-electron chi connectivity index (χ2n) is 0.622. The van der Waals surface area contributed by atoms with Gasteiger partial charge in [-0.2, -0.15) is 0 Å². The molecule has 0 heterocycles. The molecule has 0 saturated heterocycles. The van der Waals surface area contributed by atoms with Crippen molar-refractivity contribution >= 4 is 25.4 Å². The Bertz CT molecular complexity index is 46.8. The summed E-state index contributed by atoms with van der Waals surface area (Å²) < 4.78 is 14.0. The van der Waals surface area contributed by atoms with Crippen LogP contribution in [0.5, 0.6) is 0 Å². The lowest BCUT2D eigenvalue weighted by atomic mass is 11.8. The summed E-state index contributed by atoms with van der Waals surface area (Å²) >= 11 is 0. The van der Waals surface area contributed by atoms with Gasteiger partial charge in [0.1, 0.15) is 0 Å². The molecule has 0 aliphatic heterocycles. The van der Waals surface area contributed by atoms with Crippen LogP contribution in [0.1, 0.15) is 0 Å². The molecule has 4 heteroatoms. The first kappa shape index (κ1) is 9.78. The number of hydrogen-bond donors (Lipinski definition) is 0. The molecule has 0 aliphatic carbocycles. The quantitative estimate of drug-likeness (QED) is 0.357. The Morgan fingerprint density at radius 1 is 1.67 bits per heavy atom. The summed E-state index contributed by atoms with van der Waals surface area (Å²) in [7, 11) is 0.0671. The van der Waals surface area contributed by atoms with Crippen molar-refractivity contribution in [2.75, 3.05) is 13.8 Å². The first-order valence-corrected chi connectivity index (χ1v) is 2.85. The maximum Gasteiger partial charge on any atom is 0.504 e. The van der Waals surface area contributed by atoms with Crippen molar-refractivity contribution in [3.8, 4) is 0 Å². The molecule has 0 amide bonds. The fourth-order valence-electron chi connectivity index (χ4n) is 0. The third kappa shape index (κ3) is 8.82. The highest BCUT2D eigenvalue weighted by Gasteiger charge is 1.96. The van der Waals surface area contributed by atoms with Crippen LogP contribution in [0, 0.1) is 0 Å². The Balaban J connectivity index is 0. The van der Waals surface area contributed by atoms with E-state index in [1.54, 1.807) is 0 Å². The van der Waals surface area contributed by atoms with Gasteiger partial charge in [-0.3, -0.25) is 0 Å². The van der Waals surface area contributed by atoms with Gasteiger partial charge in [0.05, 0.1) is 7.11 Å². The SMILES string of the molecule is CO[P+](C)=O.[AlH3]. The lowest BCUT2D eigenvalue weighted by molar-refractivity contribution is 0.419. The number of hydrogen-bond acceptors (Lipinski definition) is 2. The third-order valence-corrected chi connectivity index (χ3v) is 0.771. The second-order valence-corrected chi connectivity index (χ2v) is 1.87. The summed E-state index contributed by atoms with van der Waals surface area (Å²) in [6.07, 6.45) is 0. The van der Waals surface area contributed by atoms with Gasteiger partial charge in [-0.05, 0) is 4.57 Å². The van der Waals surface area contributed by atoms with E-state index in [1.165, 1.54) is 13.8 Å². The Hall–Kier alpha value is 0.592. The molecular formula is C2H9AlO2P+. The molecule has 6 heavy (non-hydrogen) atoms. The van der Waals surface area contributed by atoms with E-state index >= 15 is 0 Å². The zero-order valence-electron chi connectivity index (χ0n) is 3.26. The molecule has 2 nitrogen and oxygen atoms in total. The molecule has 0 rings (SSSR count). The van der Waals surface area contributed by atoms with Crippen molar-refractivity contribution in [1.29, 1.82) is 0 Å². The molecule has 0 N–H and O–H groups in total. The molecule has 0 aromatic rings. The lowest BCUT2D eigenvalue weighted by Crippen LogP contribution is -1.56. The highest BCUT2D eigenvalue weighted by molar-refractivity contribution is 7.38. The van der Waals surface area contributed by atoms with E-state index in [1.807, 2.05) is 0 Å². The zero-order valence-corrected chi connectivity index (χ0v) is 4.16. The summed E-state index contributed by atoms with van der Waals surface area (Å²) in [6, 6.07) is 0. The number of rotatable bonds is 1. The van der Waals surface area contributed by atoms with E-state index in [4.69, 9.17) is 0 Å². The van der Waals surface area contributed by atoms with Crippen LogP contribution in [0.3, 0.4) is 0 Å². The van der Waals surface area contributed by atoms with Crippen LogP contribution in [-0.2, 0) is 9.09 Å². The molecule has 0 bridgehead atoms. The Morgan fingerprint density at radius 3 is 1.83 bits per heavy atom. The van der Waals surface area contributed by atoms with Crippen molar-refractivity contribution in [1.82, 2.24) is 0 Å². The summed E-state index contributed by atoms with van der Waals surface area (Å²) in [5.74, 6) is 0. The third-order valence-electron chi connectivity index (χ3n) is 0.257. The molecule has 0 aromatic carbocycles. The van der Waals surface area contributed by atoms with E-state index in [0.29, 0.717) is 0 Å². The van der Waals surface area contributed by atoms with Gasteiger partial charge in [0.2, 0.25) is 0 Å². The summed E-state index contributed by atoms with van der Waals surface area (Å²) in [6.45, 7) is 1.51. The molecule has 36 valence electrons. The highest BCUT2D eigenvalue weighted by Crippen LogP contribution is 2.10. The predicted octanol–water partition coefficient (Wildman–Crippen LogP) is -0.179. The predicted molar refractivity (Wildman–Crippen MR) is 30.5 cm³/mol. The largest absolute Gasteiger partial charge is 0.504 e. The first-order chi connectivity index (χ1) is 2.27. The average molecular weight is 123 g/mol. The van der Waals surface area contributed by atoms with Crippen LogP contribution in [0.25, 0.3) is 0 Å². The van der Waals surface area contributed by atoms with Crippen LogP contribution in [-0.4, -0.2) is 31.1 Å². The zero-order chi connectivity index (χ0) is 4.28. The Labute approximate surface area is 48.9 Å². The second kappa shape index (κ2) is 5.59. The summed E-state index contributed by atoms with van der Waals surface area (Å²) in [5.41, 5.74) is 0. The highest BCUT2D eigenvalue weighted by atomic mass is 31.1. The molecular weight excluding hydrogens is 114 g/mol. The molecule has 0 saturated carbocycles. The van der Waals surface area contributed by atoms with Gasteiger partial charge in [-0.1, -0.05) is 0 Å². The van der Waals surface area contributed by atoms with Crippen molar-refractivity contribution in [2.45, 2.75) is 0 Å². The van der Waals surface area contributed by atoms with Gasteiger partial charge in [0.15, 0.2) is 24.0 Å². The van der Waals surface area contributed by atoms with Crippen molar-refractivity contribution in [2.24, 2.45) is 0 Å². The van der Waals surface area contributed by atoms with E-state index in [0.717, 1.165) is 0 Å². The van der Waals surface area contributed by atoms with Crippen LogP contribution in [0.15, 0.2) is 0 Å². The summed E-state index contributed by atoms with van der Waals surface area (Å²) in [4.78, 5) is 0. The van der Waals surface area contributed by atoms with Gasteiger partial charge in [0, 0.05) is 0 Å². The first-order valence-electron chi connectivity index (χ1n) is 1.22. The van der Waals surface area contributed by atoms with E-state index in [9.17, 15) is 4.57 Å². The van der Waals surface area contributed by atoms with E-state index < -0.39 is 8.03 Å². The van der Waals surface area contributed by atoms with Crippen molar-refractivity contribution < 1.29 is 9.09 Å². The molecule has 0 radical (unpaired) electrons. The minimum Gasteiger partial charge on any atom is -0.150 e. The van der Waals surface area contributed by atoms with E-state index in [-0.39, 0.29) is 17.4 Å². The van der Waals surface area contributed by atoms with E-state index in [2.05, 4.69) is 4.52 Å². The lowest BCUT2D eigenvalue weighted by Gasteiger charge is -1.58. The summed E-state index contributed by atoms with van der Waals surface area (Å²) in [5, 5.41) is 0.